The van der Waals surface area contributed by atoms with Gasteiger partial charge in [0.25, 0.3) is 5.56 Å². The Kier molecular flexibility index (Phi) is 3.57. The molecule has 0 aliphatic carbocycles. The van der Waals surface area contributed by atoms with Gasteiger partial charge in [-0.2, -0.15) is 0 Å². The molecule has 0 atom stereocenters. The lowest BCUT2D eigenvalue weighted by molar-refractivity contribution is 0.326. The first-order valence-electron chi connectivity index (χ1n) is 7.33. The summed E-state index contributed by atoms with van der Waals surface area (Å²) < 4.78 is 1.86. The van der Waals surface area contributed by atoms with Crippen molar-refractivity contribution in [1.82, 2.24) is 14.9 Å². The lowest BCUT2D eigenvalue weighted by Gasteiger charge is -2.24. The van der Waals surface area contributed by atoms with Gasteiger partial charge in [-0.15, -0.1) is 0 Å². The Morgan fingerprint density at radius 3 is 2.80 bits per heavy atom. The molecule has 0 radical (unpaired) electrons. The number of fused-ring (bicyclic) bond motifs is 1. The first-order valence-corrected chi connectivity index (χ1v) is 7.33. The summed E-state index contributed by atoms with van der Waals surface area (Å²) >= 11 is 0. The smallest absolute Gasteiger partial charge is 0.261 e. The van der Waals surface area contributed by atoms with Crippen LogP contribution in [0.4, 0.5) is 0 Å². The van der Waals surface area contributed by atoms with Crippen LogP contribution in [0, 0.1) is 19.8 Å². The zero-order valence-electron chi connectivity index (χ0n) is 12.1. The van der Waals surface area contributed by atoms with Crippen LogP contribution >= 0.6 is 0 Å². The molecule has 20 heavy (non-hydrogen) atoms. The molecule has 0 bridgehead atoms. The van der Waals surface area contributed by atoms with Gasteiger partial charge in [0.05, 0.1) is 10.9 Å². The third-order valence-corrected chi connectivity index (χ3v) is 4.20. The lowest BCUT2D eigenvalue weighted by Crippen LogP contribution is -2.33. The molecule has 1 aromatic heterocycles. The number of piperidine rings is 1. The first kappa shape index (κ1) is 13.3. The molecule has 1 N–H and O–H groups in total. The van der Waals surface area contributed by atoms with E-state index in [-0.39, 0.29) is 5.56 Å². The van der Waals surface area contributed by atoms with Gasteiger partial charge in [-0.25, -0.2) is 4.98 Å². The van der Waals surface area contributed by atoms with Crippen molar-refractivity contribution in [3.63, 3.8) is 0 Å². The molecule has 0 spiro atoms. The quantitative estimate of drug-likeness (QED) is 0.909. The molecule has 4 heteroatoms. The highest BCUT2D eigenvalue weighted by atomic mass is 16.1. The molecule has 1 saturated heterocycles. The monoisotopic (exact) mass is 271 g/mol. The molecule has 1 aromatic carbocycles. The van der Waals surface area contributed by atoms with Crippen LogP contribution in [0.2, 0.25) is 0 Å². The van der Waals surface area contributed by atoms with E-state index in [1.807, 2.05) is 36.6 Å². The number of aromatic nitrogens is 2. The maximum Gasteiger partial charge on any atom is 0.261 e. The molecule has 3 rings (SSSR count). The number of benzene rings is 1. The summed E-state index contributed by atoms with van der Waals surface area (Å²) in [5.74, 6) is 1.40. The van der Waals surface area contributed by atoms with Crippen molar-refractivity contribution in [2.75, 3.05) is 13.1 Å². The van der Waals surface area contributed by atoms with E-state index in [2.05, 4.69) is 10.3 Å². The fraction of sp³-hybridized carbons (Fsp3) is 0.500. The van der Waals surface area contributed by atoms with E-state index < -0.39 is 0 Å². The summed E-state index contributed by atoms with van der Waals surface area (Å²) in [4.78, 5) is 17.3. The van der Waals surface area contributed by atoms with Gasteiger partial charge in [-0.3, -0.25) is 9.36 Å². The molecule has 1 aliphatic heterocycles. The minimum Gasteiger partial charge on any atom is -0.317 e. The van der Waals surface area contributed by atoms with E-state index >= 15 is 0 Å². The summed E-state index contributed by atoms with van der Waals surface area (Å²) in [5.41, 5.74) is 2.02. The van der Waals surface area contributed by atoms with Crippen molar-refractivity contribution < 1.29 is 0 Å². The molecule has 0 unspecified atom stereocenters. The van der Waals surface area contributed by atoms with E-state index in [1.54, 1.807) is 0 Å². The van der Waals surface area contributed by atoms with Gasteiger partial charge in [0, 0.05) is 6.54 Å². The minimum absolute atomic E-state index is 0.106. The zero-order valence-corrected chi connectivity index (χ0v) is 12.1. The predicted molar refractivity (Wildman–Crippen MR) is 81.1 cm³/mol. The Balaban J connectivity index is 2.03. The molecule has 1 aliphatic rings. The largest absolute Gasteiger partial charge is 0.317 e. The highest BCUT2D eigenvalue weighted by molar-refractivity contribution is 5.78. The fourth-order valence-corrected chi connectivity index (χ4v) is 2.98. The fourth-order valence-electron chi connectivity index (χ4n) is 2.98. The molecule has 4 nitrogen and oxygen atoms in total. The summed E-state index contributed by atoms with van der Waals surface area (Å²) in [6.45, 7) is 6.85. The second-order valence-electron chi connectivity index (χ2n) is 5.79. The Morgan fingerprint density at radius 2 is 2.05 bits per heavy atom. The molecule has 106 valence electrons. The second kappa shape index (κ2) is 5.37. The van der Waals surface area contributed by atoms with Crippen molar-refractivity contribution in [3.05, 3.63) is 39.9 Å². The van der Waals surface area contributed by atoms with Gasteiger partial charge < -0.3 is 5.32 Å². The minimum atomic E-state index is 0.106. The lowest BCUT2D eigenvalue weighted by atomic mass is 9.98. The Morgan fingerprint density at radius 1 is 1.30 bits per heavy atom. The van der Waals surface area contributed by atoms with E-state index in [0.29, 0.717) is 5.92 Å². The van der Waals surface area contributed by atoms with Crippen LogP contribution in [0.5, 0.6) is 0 Å². The molecule has 0 saturated carbocycles. The zero-order chi connectivity index (χ0) is 14.1. The maximum absolute atomic E-state index is 12.7. The summed E-state index contributed by atoms with van der Waals surface area (Å²) in [7, 11) is 0. The van der Waals surface area contributed by atoms with Gasteiger partial charge in [0.15, 0.2) is 0 Å². The predicted octanol–water partition coefficient (Wildman–Crippen LogP) is 2.01. The summed E-state index contributed by atoms with van der Waals surface area (Å²) in [5, 5.41) is 4.10. The standard InChI is InChI=1S/C16H21N3O/c1-11-3-4-15-14(9-11)16(20)19(12(2)18-15)10-13-5-7-17-8-6-13/h3-4,9,13,17H,5-8,10H2,1-2H3. The third-order valence-electron chi connectivity index (χ3n) is 4.20. The van der Waals surface area contributed by atoms with Crippen LogP contribution < -0.4 is 10.9 Å². The molecular formula is C16H21N3O. The Labute approximate surface area is 118 Å². The van der Waals surface area contributed by atoms with Gasteiger partial charge in [0.2, 0.25) is 0 Å². The Bertz CT molecular complexity index is 684. The summed E-state index contributed by atoms with van der Waals surface area (Å²) in [6, 6.07) is 5.89. The van der Waals surface area contributed by atoms with E-state index in [4.69, 9.17) is 0 Å². The third kappa shape index (κ3) is 2.48. The molecule has 2 aromatic rings. The average Bonchev–Trinajstić information content (AvgIpc) is 2.46. The number of nitrogens with zero attached hydrogens (tertiary/aromatic N) is 2. The summed E-state index contributed by atoms with van der Waals surface area (Å²) in [6.07, 6.45) is 2.27. The number of hydrogen-bond donors (Lipinski definition) is 1. The maximum atomic E-state index is 12.7. The molecule has 1 fully saturated rings. The van der Waals surface area contributed by atoms with Gasteiger partial charge in [-0.1, -0.05) is 11.6 Å². The highest BCUT2D eigenvalue weighted by Crippen LogP contribution is 2.16. The van der Waals surface area contributed by atoms with E-state index in [0.717, 1.165) is 54.8 Å². The van der Waals surface area contributed by atoms with Crippen molar-refractivity contribution >= 4 is 10.9 Å². The van der Waals surface area contributed by atoms with Crippen LogP contribution in [0.15, 0.2) is 23.0 Å². The van der Waals surface area contributed by atoms with E-state index in [1.165, 1.54) is 0 Å². The first-order chi connectivity index (χ1) is 9.65. The number of rotatable bonds is 2. The topological polar surface area (TPSA) is 46.9 Å². The second-order valence-corrected chi connectivity index (χ2v) is 5.79. The van der Waals surface area contributed by atoms with Crippen LogP contribution in [0.3, 0.4) is 0 Å². The molecular weight excluding hydrogens is 250 g/mol. The van der Waals surface area contributed by atoms with E-state index in [9.17, 15) is 4.79 Å². The normalized spacial score (nSPS) is 16.7. The van der Waals surface area contributed by atoms with Crippen molar-refractivity contribution in [2.45, 2.75) is 33.2 Å². The molecule has 0 amide bonds. The van der Waals surface area contributed by atoms with Crippen LogP contribution in [0.1, 0.15) is 24.2 Å². The van der Waals surface area contributed by atoms with Crippen LogP contribution in [-0.4, -0.2) is 22.6 Å². The van der Waals surface area contributed by atoms with Crippen molar-refractivity contribution in [3.8, 4) is 0 Å². The van der Waals surface area contributed by atoms with Crippen molar-refractivity contribution in [1.29, 1.82) is 0 Å². The van der Waals surface area contributed by atoms with Crippen LogP contribution in [-0.2, 0) is 6.54 Å². The van der Waals surface area contributed by atoms with Gasteiger partial charge in [-0.05, 0) is 57.8 Å². The number of nitrogens with one attached hydrogen (secondary N) is 1. The Hall–Kier alpha value is -1.68. The van der Waals surface area contributed by atoms with Crippen molar-refractivity contribution in [2.24, 2.45) is 5.92 Å². The van der Waals surface area contributed by atoms with Gasteiger partial charge >= 0.3 is 0 Å². The highest BCUT2D eigenvalue weighted by Gasteiger charge is 2.16. The SMILES string of the molecule is Cc1ccc2nc(C)n(CC3CCNCC3)c(=O)c2c1. The van der Waals surface area contributed by atoms with Gasteiger partial charge in [0.1, 0.15) is 5.82 Å². The number of hydrogen-bond acceptors (Lipinski definition) is 3. The number of aryl methyl sites for hydroxylation is 2. The molecule has 2 heterocycles. The van der Waals surface area contributed by atoms with Crippen LogP contribution in [0.25, 0.3) is 10.9 Å². The average molecular weight is 271 g/mol.